The second-order valence-corrected chi connectivity index (χ2v) is 5.59. The molecule has 2 heterocycles. The first-order valence-corrected chi connectivity index (χ1v) is 6.04. The molecule has 2 aromatic rings. The van der Waals surface area contributed by atoms with E-state index in [4.69, 9.17) is 0 Å². The number of halogens is 1. The Kier molecular flexibility index (Phi) is 2.11. The number of fused-ring (bicyclic) bond motifs is 3. The van der Waals surface area contributed by atoms with Crippen LogP contribution in [-0.2, 0) is 5.41 Å². The molecule has 0 amide bonds. The first-order chi connectivity index (χ1) is 7.99. The van der Waals surface area contributed by atoms with Gasteiger partial charge in [0.05, 0.1) is 0 Å². The fourth-order valence-corrected chi connectivity index (χ4v) is 2.84. The average molecular weight is 232 g/mol. The topological polar surface area (TPSA) is 27.8 Å². The fourth-order valence-electron chi connectivity index (χ4n) is 2.84. The zero-order valence-electron chi connectivity index (χ0n) is 10.4. The van der Waals surface area contributed by atoms with Gasteiger partial charge in [-0.3, -0.25) is 0 Å². The SMILES string of the molecule is C[C@H]1NCC(C)(C)c2c1[nH]c1ccc(F)cc21. The summed E-state index contributed by atoms with van der Waals surface area (Å²) in [5.74, 6) is -0.165. The van der Waals surface area contributed by atoms with Crippen molar-refractivity contribution in [3.05, 3.63) is 35.3 Å². The Morgan fingerprint density at radius 2 is 2.12 bits per heavy atom. The third-order valence-corrected chi connectivity index (χ3v) is 3.75. The molecule has 0 fully saturated rings. The van der Waals surface area contributed by atoms with Gasteiger partial charge in [0.15, 0.2) is 0 Å². The Balaban J connectivity index is 2.38. The summed E-state index contributed by atoms with van der Waals surface area (Å²) < 4.78 is 13.4. The minimum Gasteiger partial charge on any atom is -0.357 e. The number of nitrogens with one attached hydrogen (secondary N) is 2. The van der Waals surface area contributed by atoms with Crippen LogP contribution in [0.15, 0.2) is 18.2 Å². The van der Waals surface area contributed by atoms with Crippen molar-refractivity contribution < 1.29 is 4.39 Å². The average Bonchev–Trinajstić information content (AvgIpc) is 2.64. The van der Waals surface area contributed by atoms with E-state index in [-0.39, 0.29) is 11.2 Å². The lowest BCUT2D eigenvalue weighted by molar-refractivity contribution is 0.394. The Morgan fingerprint density at radius 3 is 2.88 bits per heavy atom. The Bertz CT molecular complexity index is 583. The molecule has 3 rings (SSSR count). The van der Waals surface area contributed by atoms with Crippen molar-refractivity contribution in [3.63, 3.8) is 0 Å². The molecule has 17 heavy (non-hydrogen) atoms. The van der Waals surface area contributed by atoms with E-state index >= 15 is 0 Å². The van der Waals surface area contributed by atoms with Gasteiger partial charge in [0, 0.05) is 34.6 Å². The second kappa shape index (κ2) is 3.33. The highest BCUT2D eigenvalue weighted by molar-refractivity contribution is 5.86. The van der Waals surface area contributed by atoms with Gasteiger partial charge in [-0.1, -0.05) is 13.8 Å². The quantitative estimate of drug-likeness (QED) is 0.717. The normalized spacial score (nSPS) is 22.7. The summed E-state index contributed by atoms with van der Waals surface area (Å²) in [5, 5.41) is 4.51. The lowest BCUT2D eigenvalue weighted by Gasteiger charge is -2.34. The molecule has 1 aromatic carbocycles. The second-order valence-electron chi connectivity index (χ2n) is 5.59. The number of aromatic amines is 1. The van der Waals surface area contributed by atoms with Gasteiger partial charge in [-0.2, -0.15) is 0 Å². The van der Waals surface area contributed by atoms with Gasteiger partial charge < -0.3 is 10.3 Å². The van der Waals surface area contributed by atoms with E-state index in [9.17, 15) is 4.39 Å². The standard InChI is InChI=1S/C14H17FN2/c1-8-13-12(14(2,3)7-16-8)10-6-9(15)4-5-11(10)17-13/h4-6,8,16-17H,7H2,1-3H3/t8-/m1/s1. The van der Waals surface area contributed by atoms with Crippen LogP contribution >= 0.6 is 0 Å². The molecule has 0 bridgehead atoms. The van der Waals surface area contributed by atoms with E-state index in [1.165, 1.54) is 17.3 Å². The van der Waals surface area contributed by atoms with Crippen molar-refractivity contribution in [2.45, 2.75) is 32.2 Å². The van der Waals surface area contributed by atoms with Gasteiger partial charge in [-0.25, -0.2) is 4.39 Å². The molecule has 0 saturated carbocycles. The van der Waals surface area contributed by atoms with E-state index in [1.807, 2.05) is 6.07 Å². The van der Waals surface area contributed by atoms with Crippen LogP contribution in [0.1, 0.15) is 38.1 Å². The van der Waals surface area contributed by atoms with E-state index in [0.29, 0.717) is 6.04 Å². The monoisotopic (exact) mass is 232 g/mol. The molecule has 90 valence electrons. The molecule has 0 unspecified atom stereocenters. The molecule has 1 atom stereocenters. The minimum atomic E-state index is -0.165. The minimum absolute atomic E-state index is 0.0356. The van der Waals surface area contributed by atoms with E-state index in [0.717, 1.165) is 17.4 Å². The molecule has 1 aliphatic rings. The number of H-pyrrole nitrogens is 1. The Labute approximate surface area is 100 Å². The van der Waals surface area contributed by atoms with Gasteiger partial charge in [-0.05, 0) is 30.7 Å². The summed E-state index contributed by atoms with van der Waals surface area (Å²) in [6, 6.07) is 5.28. The first-order valence-electron chi connectivity index (χ1n) is 6.04. The summed E-state index contributed by atoms with van der Waals surface area (Å²) in [7, 11) is 0. The van der Waals surface area contributed by atoms with Crippen molar-refractivity contribution in [1.29, 1.82) is 0 Å². The fraction of sp³-hybridized carbons (Fsp3) is 0.429. The van der Waals surface area contributed by atoms with Crippen molar-refractivity contribution in [2.24, 2.45) is 0 Å². The van der Waals surface area contributed by atoms with Crippen LogP contribution in [0.25, 0.3) is 10.9 Å². The zero-order chi connectivity index (χ0) is 12.2. The highest BCUT2D eigenvalue weighted by atomic mass is 19.1. The van der Waals surface area contributed by atoms with Gasteiger partial charge >= 0.3 is 0 Å². The van der Waals surface area contributed by atoms with Crippen molar-refractivity contribution in [3.8, 4) is 0 Å². The largest absolute Gasteiger partial charge is 0.357 e. The molecular formula is C14H17FN2. The maximum absolute atomic E-state index is 13.4. The molecule has 0 aliphatic carbocycles. The lowest BCUT2D eigenvalue weighted by atomic mass is 9.79. The highest BCUT2D eigenvalue weighted by Crippen LogP contribution is 2.39. The van der Waals surface area contributed by atoms with Crippen LogP contribution in [0.4, 0.5) is 4.39 Å². The smallest absolute Gasteiger partial charge is 0.123 e. The number of benzene rings is 1. The third kappa shape index (κ3) is 1.49. The number of hydrogen-bond acceptors (Lipinski definition) is 1. The molecule has 1 aliphatic heterocycles. The molecule has 2 nitrogen and oxygen atoms in total. The molecular weight excluding hydrogens is 215 g/mol. The highest BCUT2D eigenvalue weighted by Gasteiger charge is 2.33. The van der Waals surface area contributed by atoms with E-state index in [1.54, 1.807) is 6.07 Å². The maximum Gasteiger partial charge on any atom is 0.123 e. The van der Waals surface area contributed by atoms with Crippen LogP contribution < -0.4 is 5.32 Å². The number of aromatic nitrogens is 1. The van der Waals surface area contributed by atoms with Crippen molar-refractivity contribution >= 4 is 10.9 Å². The van der Waals surface area contributed by atoms with Crippen LogP contribution in [0.5, 0.6) is 0 Å². The van der Waals surface area contributed by atoms with Crippen LogP contribution in [0, 0.1) is 5.82 Å². The Hall–Kier alpha value is -1.35. The molecule has 0 radical (unpaired) electrons. The molecule has 0 spiro atoms. The van der Waals surface area contributed by atoms with Gasteiger partial charge in [0.2, 0.25) is 0 Å². The third-order valence-electron chi connectivity index (χ3n) is 3.75. The van der Waals surface area contributed by atoms with Gasteiger partial charge in [0.1, 0.15) is 5.82 Å². The maximum atomic E-state index is 13.4. The van der Waals surface area contributed by atoms with Crippen molar-refractivity contribution in [1.82, 2.24) is 10.3 Å². The molecule has 3 heteroatoms. The predicted molar refractivity (Wildman–Crippen MR) is 67.7 cm³/mol. The van der Waals surface area contributed by atoms with Crippen LogP contribution in [0.2, 0.25) is 0 Å². The summed E-state index contributed by atoms with van der Waals surface area (Å²) in [4.78, 5) is 3.42. The molecule has 0 saturated heterocycles. The van der Waals surface area contributed by atoms with Gasteiger partial charge in [-0.15, -0.1) is 0 Å². The van der Waals surface area contributed by atoms with Gasteiger partial charge in [0.25, 0.3) is 0 Å². The Morgan fingerprint density at radius 1 is 1.35 bits per heavy atom. The van der Waals surface area contributed by atoms with E-state index < -0.39 is 0 Å². The van der Waals surface area contributed by atoms with Crippen molar-refractivity contribution in [2.75, 3.05) is 6.54 Å². The zero-order valence-corrected chi connectivity index (χ0v) is 10.4. The number of hydrogen-bond donors (Lipinski definition) is 2. The summed E-state index contributed by atoms with van der Waals surface area (Å²) in [6.07, 6.45) is 0. The summed E-state index contributed by atoms with van der Waals surface area (Å²) >= 11 is 0. The van der Waals surface area contributed by atoms with E-state index in [2.05, 4.69) is 31.1 Å². The van der Waals surface area contributed by atoms with Crippen LogP contribution in [0.3, 0.4) is 0 Å². The summed E-state index contributed by atoms with van der Waals surface area (Å²) in [6.45, 7) is 7.45. The summed E-state index contributed by atoms with van der Waals surface area (Å²) in [5.41, 5.74) is 3.52. The first kappa shape index (κ1) is 10.8. The predicted octanol–water partition coefficient (Wildman–Crippen LogP) is 3.25. The number of rotatable bonds is 0. The molecule has 2 N–H and O–H groups in total. The lowest BCUT2D eigenvalue weighted by Crippen LogP contribution is -2.40. The van der Waals surface area contributed by atoms with Crippen LogP contribution in [-0.4, -0.2) is 11.5 Å². The molecule has 1 aromatic heterocycles.